The van der Waals surface area contributed by atoms with Crippen LogP contribution in [0.2, 0.25) is 0 Å². The van der Waals surface area contributed by atoms with Crippen LogP contribution < -0.4 is 10.1 Å². The highest BCUT2D eigenvalue weighted by Gasteiger charge is 2.31. The van der Waals surface area contributed by atoms with Crippen molar-refractivity contribution in [3.05, 3.63) is 42.5 Å². The third-order valence-corrected chi connectivity index (χ3v) is 4.61. The number of hydrogen-bond acceptors (Lipinski definition) is 4. The lowest BCUT2D eigenvalue weighted by atomic mass is 10.1. The lowest BCUT2D eigenvalue weighted by Gasteiger charge is -2.31. The van der Waals surface area contributed by atoms with E-state index in [9.17, 15) is 0 Å². The van der Waals surface area contributed by atoms with Gasteiger partial charge in [0.05, 0.1) is 0 Å². The van der Waals surface area contributed by atoms with Crippen LogP contribution in [0.4, 0.5) is 0 Å². The Bertz CT molecular complexity index is 584. The number of para-hydroxylation sites is 1. The maximum atomic E-state index is 6.19. The van der Waals surface area contributed by atoms with Gasteiger partial charge >= 0.3 is 0 Å². The molecular formula is C15H19N3OS. The van der Waals surface area contributed by atoms with Crippen LogP contribution in [-0.2, 0) is 7.05 Å². The van der Waals surface area contributed by atoms with Gasteiger partial charge in [-0.3, -0.25) is 0 Å². The minimum atomic E-state index is 0.0935. The van der Waals surface area contributed by atoms with Crippen LogP contribution in [0, 0.1) is 0 Å². The van der Waals surface area contributed by atoms with Crippen LogP contribution in [0.25, 0.3) is 0 Å². The van der Waals surface area contributed by atoms with Crippen molar-refractivity contribution in [2.24, 2.45) is 7.05 Å². The largest absolute Gasteiger partial charge is 0.486 e. The normalized spacial score (nSPS) is 19.2. The van der Waals surface area contributed by atoms with Crippen LogP contribution in [0.15, 0.2) is 41.6 Å². The van der Waals surface area contributed by atoms with Gasteiger partial charge in [-0.1, -0.05) is 19.1 Å². The number of fused-ring (bicyclic) bond motifs is 1. The topological polar surface area (TPSA) is 39.1 Å². The minimum Gasteiger partial charge on any atom is -0.486 e. The van der Waals surface area contributed by atoms with Gasteiger partial charge in [-0.25, -0.2) is 4.98 Å². The van der Waals surface area contributed by atoms with E-state index in [0.717, 1.165) is 23.9 Å². The first-order chi connectivity index (χ1) is 9.79. The summed E-state index contributed by atoms with van der Waals surface area (Å²) < 4.78 is 8.25. The van der Waals surface area contributed by atoms with Crippen molar-refractivity contribution in [1.82, 2.24) is 14.9 Å². The van der Waals surface area contributed by atoms with Gasteiger partial charge in [0, 0.05) is 30.1 Å². The van der Waals surface area contributed by atoms with E-state index in [1.165, 1.54) is 4.90 Å². The molecule has 3 rings (SSSR count). The molecule has 2 unspecified atom stereocenters. The van der Waals surface area contributed by atoms with Gasteiger partial charge in [-0.05, 0) is 18.7 Å². The number of likely N-dealkylation sites (N-methyl/N-ethyl adjacent to an activating group) is 1. The van der Waals surface area contributed by atoms with Crippen molar-refractivity contribution >= 4 is 11.8 Å². The van der Waals surface area contributed by atoms with Gasteiger partial charge in [0.2, 0.25) is 0 Å². The van der Waals surface area contributed by atoms with Crippen LogP contribution in [0.1, 0.15) is 18.8 Å². The number of nitrogens with zero attached hydrogens (tertiary/aromatic N) is 2. The van der Waals surface area contributed by atoms with Crippen LogP contribution in [-0.4, -0.2) is 28.0 Å². The van der Waals surface area contributed by atoms with E-state index in [4.69, 9.17) is 4.74 Å². The maximum absolute atomic E-state index is 6.19. The summed E-state index contributed by atoms with van der Waals surface area (Å²) in [7, 11) is 2.02. The predicted octanol–water partition coefficient (Wildman–Crippen LogP) is 2.62. The zero-order valence-electron chi connectivity index (χ0n) is 11.7. The zero-order chi connectivity index (χ0) is 13.9. The molecule has 2 aromatic rings. The number of hydrogen-bond donors (Lipinski definition) is 1. The van der Waals surface area contributed by atoms with Crippen molar-refractivity contribution in [3.8, 4) is 5.75 Å². The number of aryl methyl sites for hydroxylation is 1. The average Bonchev–Trinajstić information content (AvgIpc) is 2.90. The molecule has 0 amide bonds. The summed E-state index contributed by atoms with van der Waals surface area (Å²) in [6.07, 6.45) is 3.91. The third kappa shape index (κ3) is 2.55. The Balaban J connectivity index is 1.85. The summed E-state index contributed by atoms with van der Waals surface area (Å²) in [6, 6.07) is 8.33. The molecule has 1 aliphatic rings. The summed E-state index contributed by atoms with van der Waals surface area (Å²) in [4.78, 5) is 5.70. The molecule has 0 fully saturated rings. The van der Waals surface area contributed by atoms with E-state index in [-0.39, 0.29) is 12.1 Å². The van der Waals surface area contributed by atoms with E-state index >= 15 is 0 Å². The van der Waals surface area contributed by atoms with Crippen molar-refractivity contribution in [2.45, 2.75) is 24.0 Å². The van der Waals surface area contributed by atoms with E-state index < -0.39 is 0 Å². The quantitative estimate of drug-likeness (QED) is 0.939. The maximum Gasteiger partial charge on any atom is 0.133 e. The highest BCUT2D eigenvalue weighted by Crippen LogP contribution is 2.37. The molecule has 2 atom stereocenters. The Kier molecular flexibility index (Phi) is 3.98. The zero-order valence-corrected chi connectivity index (χ0v) is 12.6. The van der Waals surface area contributed by atoms with Crippen LogP contribution in [0.5, 0.6) is 5.75 Å². The molecule has 1 aromatic heterocycles. The first-order valence-electron chi connectivity index (χ1n) is 6.88. The fraction of sp³-hybridized carbons (Fsp3) is 0.400. The SMILES string of the molecule is CCNC(c1nccn1C)C1CSc2ccccc2O1. The molecule has 4 nitrogen and oxygen atoms in total. The Morgan fingerprint density at radius 1 is 1.50 bits per heavy atom. The van der Waals surface area contributed by atoms with Crippen LogP contribution in [0.3, 0.4) is 0 Å². The number of imidazole rings is 1. The molecule has 0 saturated heterocycles. The lowest BCUT2D eigenvalue weighted by Crippen LogP contribution is -2.40. The number of ether oxygens (including phenoxy) is 1. The summed E-state index contributed by atoms with van der Waals surface area (Å²) in [6.45, 7) is 3.00. The highest BCUT2D eigenvalue weighted by atomic mass is 32.2. The Hall–Kier alpha value is -1.46. The van der Waals surface area contributed by atoms with Crippen molar-refractivity contribution < 1.29 is 4.74 Å². The van der Waals surface area contributed by atoms with Crippen molar-refractivity contribution in [2.75, 3.05) is 12.3 Å². The molecule has 0 saturated carbocycles. The number of aromatic nitrogens is 2. The lowest BCUT2D eigenvalue weighted by molar-refractivity contribution is 0.161. The van der Waals surface area contributed by atoms with Crippen molar-refractivity contribution in [3.63, 3.8) is 0 Å². The molecule has 0 spiro atoms. The van der Waals surface area contributed by atoms with Gasteiger partial charge in [0.1, 0.15) is 23.7 Å². The fourth-order valence-corrected chi connectivity index (χ4v) is 3.52. The number of thioether (sulfide) groups is 1. The monoisotopic (exact) mass is 289 g/mol. The summed E-state index contributed by atoms with van der Waals surface area (Å²) in [5.41, 5.74) is 0. The van der Waals surface area contributed by atoms with E-state index in [1.54, 1.807) is 0 Å². The Morgan fingerprint density at radius 2 is 2.35 bits per heavy atom. The Morgan fingerprint density at radius 3 is 3.10 bits per heavy atom. The first kappa shape index (κ1) is 13.5. The van der Waals surface area contributed by atoms with Crippen LogP contribution >= 0.6 is 11.8 Å². The molecule has 2 heterocycles. The Labute approximate surface area is 123 Å². The molecule has 20 heavy (non-hydrogen) atoms. The molecule has 5 heteroatoms. The van der Waals surface area contributed by atoms with Gasteiger partial charge < -0.3 is 14.6 Å². The van der Waals surface area contributed by atoms with Gasteiger partial charge in [0.15, 0.2) is 0 Å². The second-order valence-corrected chi connectivity index (χ2v) is 5.91. The van der Waals surface area contributed by atoms with E-state index in [1.807, 2.05) is 43.3 Å². The molecule has 1 aromatic carbocycles. The van der Waals surface area contributed by atoms with E-state index in [0.29, 0.717) is 0 Å². The molecule has 1 aliphatic heterocycles. The summed E-state index contributed by atoms with van der Waals surface area (Å²) >= 11 is 1.85. The van der Waals surface area contributed by atoms with Gasteiger partial charge in [-0.15, -0.1) is 11.8 Å². The first-order valence-corrected chi connectivity index (χ1v) is 7.87. The van der Waals surface area contributed by atoms with Crippen molar-refractivity contribution in [1.29, 1.82) is 0 Å². The standard InChI is InChI=1S/C15H19N3OS/c1-3-16-14(15-17-8-9-18(15)2)12-10-20-13-7-5-4-6-11(13)19-12/h4-9,12,14,16H,3,10H2,1-2H3. The molecule has 0 bridgehead atoms. The minimum absolute atomic E-state index is 0.0935. The second kappa shape index (κ2) is 5.89. The predicted molar refractivity (Wildman–Crippen MR) is 81.2 cm³/mol. The molecule has 1 N–H and O–H groups in total. The molecule has 0 aliphatic carbocycles. The van der Waals surface area contributed by atoms with Gasteiger partial charge in [0.25, 0.3) is 0 Å². The second-order valence-electron chi connectivity index (χ2n) is 4.85. The third-order valence-electron chi connectivity index (χ3n) is 3.46. The highest BCUT2D eigenvalue weighted by molar-refractivity contribution is 7.99. The molecule has 106 valence electrons. The fourth-order valence-electron chi connectivity index (χ4n) is 2.49. The summed E-state index contributed by atoms with van der Waals surface area (Å²) in [5, 5.41) is 3.50. The summed E-state index contributed by atoms with van der Waals surface area (Å²) in [5.74, 6) is 2.93. The molecule has 0 radical (unpaired) electrons. The smallest absolute Gasteiger partial charge is 0.133 e. The number of rotatable bonds is 4. The average molecular weight is 289 g/mol. The van der Waals surface area contributed by atoms with E-state index in [2.05, 4.69) is 33.9 Å². The number of benzene rings is 1. The number of nitrogens with one attached hydrogen (secondary N) is 1. The molecular weight excluding hydrogens is 270 g/mol. The van der Waals surface area contributed by atoms with Gasteiger partial charge in [-0.2, -0.15) is 0 Å².